The van der Waals surface area contributed by atoms with Crippen molar-refractivity contribution in [1.82, 2.24) is 10.2 Å². The lowest BCUT2D eigenvalue weighted by molar-refractivity contribution is -0.147. The van der Waals surface area contributed by atoms with E-state index in [-0.39, 0.29) is 12.0 Å². The van der Waals surface area contributed by atoms with Gasteiger partial charge in [-0.05, 0) is 24.0 Å². The Balaban J connectivity index is 2.22. The number of piperazine rings is 1. The van der Waals surface area contributed by atoms with Crippen LogP contribution >= 0.6 is 11.8 Å². The van der Waals surface area contributed by atoms with E-state index in [1.807, 2.05) is 18.4 Å². The lowest BCUT2D eigenvalue weighted by Gasteiger charge is -2.33. The highest BCUT2D eigenvalue weighted by Gasteiger charge is 2.29. The summed E-state index contributed by atoms with van der Waals surface area (Å²) in [5.74, 6) is -0.182. The first-order chi connectivity index (χ1) is 9.26. The van der Waals surface area contributed by atoms with Crippen LogP contribution in [0.25, 0.3) is 0 Å². The molecule has 0 aliphatic carbocycles. The molecule has 1 N–H and O–H groups in total. The highest BCUT2D eigenvalue weighted by molar-refractivity contribution is 7.98. The SMILES string of the molecule is COC(=O)C(c1ccc(SC)cc1)N1CCNCC1. The molecular formula is C14H20N2O2S. The number of rotatable bonds is 4. The molecule has 1 atom stereocenters. The lowest BCUT2D eigenvalue weighted by atomic mass is 10.0. The van der Waals surface area contributed by atoms with Crippen LogP contribution in [0.15, 0.2) is 29.2 Å². The molecule has 1 heterocycles. The van der Waals surface area contributed by atoms with Gasteiger partial charge in [0, 0.05) is 31.1 Å². The van der Waals surface area contributed by atoms with Crippen molar-refractivity contribution in [3.63, 3.8) is 0 Å². The second-order valence-corrected chi connectivity index (χ2v) is 5.36. The van der Waals surface area contributed by atoms with E-state index < -0.39 is 0 Å². The third-order valence-electron chi connectivity index (χ3n) is 3.37. The fraction of sp³-hybridized carbons (Fsp3) is 0.500. The molecule has 19 heavy (non-hydrogen) atoms. The van der Waals surface area contributed by atoms with Crippen LogP contribution in [0, 0.1) is 0 Å². The van der Waals surface area contributed by atoms with Gasteiger partial charge in [-0.15, -0.1) is 11.8 Å². The van der Waals surface area contributed by atoms with Crippen molar-refractivity contribution in [3.8, 4) is 0 Å². The number of hydrogen-bond acceptors (Lipinski definition) is 5. The zero-order valence-electron chi connectivity index (χ0n) is 11.4. The first-order valence-electron chi connectivity index (χ1n) is 6.43. The lowest BCUT2D eigenvalue weighted by Crippen LogP contribution is -2.47. The van der Waals surface area contributed by atoms with Crippen molar-refractivity contribution in [2.24, 2.45) is 0 Å². The van der Waals surface area contributed by atoms with E-state index in [1.165, 1.54) is 12.0 Å². The summed E-state index contributed by atoms with van der Waals surface area (Å²) in [4.78, 5) is 15.5. The Labute approximate surface area is 118 Å². The summed E-state index contributed by atoms with van der Waals surface area (Å²) < 4.78 is 4.97. The van der Waals surface area contributed by atoms with E-state index in [1.54, 1.807) is 11.8 Å². The molecule has 1 aromatic rings. The van der Waals surface area contributed by atoms with E-state index in [0.29, 0.717) is 0 Å². The molecule has 2 rings (SSSR count). The minimum atomic E-state index is -0.289. The molecule has 0 bridgehead atoms. The average Bonchev–Trinajstić information content (AvgIpc) is 2.49. The number of nitrogens with zero attached hydrogens (tertiary/aromatic N) is 1. The van der Waals surface area contributed by atoms with Gasteiger partial charge in [0.1, 0.15) is 6.04 Å². The van der Waals surface area contributed by atoms with Crippen molar-refractivity contribution in [2.45, 2.75) is 10.9 Å². The maximum absolute atomic E-state index is 12.1. The van der Waals surface area contributed by atoms with Gasteiger partial charge in [-0.1, -0.05) is 12.1 Å². The quantitative estimate of drug-likeness (QED) is 0.669. The largest absolute Gasteiger partial charge is 0.468 e. The number of esters is 1. The molecule has 5 heteroatoms. The van der Waals surface area contributed by atoms with E-state index >= 15 is 0 Å². The number of ether oxygens (including phenoxy) is 1. The number of benzene rings is 1. The normalized spacial score (nSPS) is 18.0. The van der Waals surface area contributed by atoms with Gasteiger partial charge in [0.2, 0.25) is 0 Å². The van der Waals surface area contributed by atoms with E-state index in [4.69, 9.17) is 4.74 Å². The summed E-state index contributed by atoms with van der Waals surface area (Å²) in [6, 6.07) is 7.87. The Bertz CT molecular complexity index is 416. The zero-order chi connectivity index (χ0) is 13.7. The van der Waals surface area contributed by atoms with Crippen LogP contribution in [0.3, 0.4) is 0 Å². The van der Waals surface area contributed by atoms with Crippen LogP contribution in [0.5, 0.6) is 0 Å². The summed E-state index contributed by atoms with van der Waals surface area (Å²) in [6.45, 7) is 3.56. The molecule has 1 aliphatic rings. The van der Waals surface area contributed by atoms with Gasteiger partial charge in [0.05, 0.1) is 7.11 Å². The molecule has 1 saturated heterocycles. The van der Waals surface area contributed by atoms with Gasteiger partial charge in [-0.25, -0.2) is 4.79 Å². The first-order valence-corrected chi connectivity index (χ1v) is 7.65. The molecule has 0 aromatic heterocycles. The van der Waals surface area contributed by atoms with Crippen LogP contribution in [-0.4, -0.2) is 50.4 Å². The first kappa shape index (κ1) is 14.4. The Morgan fingerprint density at radius 3 is 2.47 bits per heavy atom. The fourth-order valence-electron chi connectivity index (χ4n) is 2.33. The molecular weight excluding hydrogens is 260 g/mol. The molecule has 0 spiro atoms. The summed E-state index contributed by atoms with van der Waals surface area (Å²) in [7, 11) is 1.45. The van der Waals surface area contributed by atoms with Gasteiger partial charge in [0.15, 0.2) is 0 Å². The van der Waals surface area contributed by atoms with Crippen LogP contribution in [0.2, 0.25) is 0 Å². The predicted octanol–water partition coefficient (Wildman–Crippen LogP) is 1.53. The Morgan fingerprint density at radius 1 is 1.32 bits per heavy atom. The highest BCUT2D eigenvalue weighted by Crippen LogP contribution is 2.25. The topological polar surface area (TPSA) is 41.6 Å². The fourth-order valence-corrected chi connectivity index (χ4v) is 2.74. The smallest absolute Gasteiger partial charge is 0.327 e. The maximum Gasteiger partial charge on any atom is 0.327 e. The molecule has 1 aromatic carbocycles. The minimum absolute atomic E-state index is 0.182. The van der Waals surface area contributed by atoms with Crippen molar-refractivity contribution >= 4 is 17.7 Å². The highest BCUT2D eigenvalue weighted by atomic mass is 32.2. The molecule has 4 nitrogen and oxygen atoms in total. The molecule has 104 valence electrons. The van der Waals surface area contributed by atoms with Crippen LogP contribution < -0.4 is 5.32 Å². The Morgan fingerprint density at radius 2 is 1.95 bits per heavy atom. The van der Waals surface area contributed by atoms with E-state index in [0.717, 1.165) is 31.7 Å². The van der Waals surface area contributed by atoms with Gasteiger partial charge in [0.25, 0.3) is 0 Å². The van der Waals surface area contributed by atoms with Crippen molar-refractivity contribution in [2.75, 3.05) is 39.5 Å². The van der Waals surface area contributed by atoms with Crippen LogP contribution in [-0.2, 0) is 9.53 Å². The standard InChI is InChI=1S/C14H20N2O2S/c1-18-14(17)13(16-9-7-15-8-10-16)11-3-5-12(19-2)6-4-11/h3-6,13,15H,7-10H2,1-2H3. The summed E-state index contributed by atoms with van der Waals surface area (Å²) >= 11 is 1.70. The number of nitrogens with one attached hydrogen (secondary N) is 1. The average molecular weight is 280 g/mol. The molecule has 1 unspecified atom stereocenters. The monoisotopic (exact) mass is 280 g/mol. The maximum atomic E-state index is 12.1. The van der Waals surface area contributed by atoms with Gasteiger partial charge in [-0.3, -0.25) is 4.90 Å². The van der Waals surface area contributed by atoms with Crippen molar-refractivity contribution in [3.05, 3.63) is 29.8 Å². The van der Waals surface area contributed by atoms with Crippen LogP contribution in [0.1, 0.15) is 11.6 Å². The van der Waals surface area contributed by atoms with E-state index in [9.17, 15) is 4.79 Å². The number of methoxy groups -OCH3 is 1. The number of thioether (sulfide) groups is 1. The summed E-state index contributed by atoms with van der Waals surface area (Å²) in [6.07, 6.45) is 2.04. The molecule has 0 radical (unpaired) electrons. The number of hydrogen-bond donors (Lipinski definition) is 1. The molecule has 0 amide bonds. The third kappa shape index (κ3) is 3.49. The minimum Gasteiger partial charge on any atom is -0.468 e. The number of carbonyl (C=O) groups is 1. The van der Waals surface area contributed by atoms with E-state index in [2.05, 4.69) is 22.3 Å². The summed E-state index contributed by atoms with van der Waals surface area (Å²) in [5.41, 5.74) is 1.01. The zero-order valence-corrected chi connectivity index (χ0v) is 12.2. The van der Waals surface area contributed by atoms with Crippen molar-refractivity contribution < 1.29 is 9.53 Å². The predicted molar refractivity (Wildman–Crippen MR) is 77.4 cm³/mol. The van der Waals surface area contributed by atoms with Crippen molar-refractivity contribution in [1.29, 1.82) is 0 Å². The molecule has 1 aliphatic heterocycles. The number of carbonyl (C=O) groups excluding carboxylic acids is 1. The van der Waals surface area contributed by atoms with Gasteiger partial charge < -0.3 is 10.1 Å². The second kappa shape index (κ2) is 6.93. The van der Waals surface area contributed by atoms with Gasteiger partial charge >= 0.3 is 5.97 Å². The molecule has 1 fully saturated rings. The Kier molecular flexibility index (Phi) is 5.24. The Hall–Kier alpha value is -1.04. The van der Waals surface area contributed by atoms with Crippen LogP contribution in [0.4, 0.5) is 0 Å². The second-order valence-electron chi connectivity index (χ2n) is 4.48. The third-order valence-corrected chi connectivity index (χ3v) is 4.12. The van der Waals surface area contributed by atoms with Gasteiger partial charge in [-0.2, -0.15) is 0 Å². The summed E-state index contributed by atoms with van der Waals surface area (Å²) in [5, 5.41) is 3.30. The molecule has 0 saturated carbocycles.